The molecule has 0 saturated carbocycles. The van der Waals surface area contributed by atoms with Gasteiger partial charge in [0.1, 0.15) is 5.65 Å². The third-order valence-corrected chi connectivity index (χ3v) is 3.02. The highest BCUT2D eigenvalue weighted by molar-refractivity contribution is 7.73. The molecule has 0 saturated heterocycles. The highest BCUT2D eigenvalue weighted by Gasteiger charge is 2.00. The first kappa shape index (κ1) is 7.89. The maximum Gasteiger partial charge on any atom is 0.160 e. The van der Waals surface area contributed by atoms with E-state index in [4.69, 9.17) is 12.2 Å². The molecule has 0 unspecified atom stereocenters. The van der Waals surface area contributed by atoms with Crippen LogP contribution in [0.15, 0.2) is 6.07 Å². The zero-order valence-electron chi connectivity index (χ0n) is 6.84. The predicted molar refractivity (Wildman–Crippen MR) is 54.3 cm³/mol. The van der Waals surface area contributed by atoms with E-state index in [1.54, 1.807) is 11.3 Å². The molecular formula is C8H8N2S2. The Hall–Kier alpha value is -0.740. The molecule has 0 spiro atoms. The van der Waals surface area contributed by atoms with Crippen molar-refractivity contribution >= 4 is 33.9 Å². The van der Waals surface area contributed by atoms with Crippen LogP contribution in [0.4, 0.5) is 0 Å². The van der Waals surface area contributed by atoms with Crippen LogP contribution in [-0.4, -0.2) is 9.97 Å². The third-order valence-electron chi connectivity index (χ3n) is 1.85. The minimum Gasteiger partial charge on any atom is -0.322 e. The van der Waals surface area contributed by atoms with Gasteiger partial charge in [-0.1, -0.05) is 0 Å². The molecule has 0 fully saturated rings. The van der Waals surface area contributed by atoms with E-state index in [9.17, 15) is 0 Å². The molecule has 0 aliphatic heterocycles. The molecule has 2 nitrogen and oxygen atoms in total. The SMILES string of the molecule is Cc1cc2sc(=S)[nH]c2nc1C. The molecular weight excluding hydrogens is 188 g/mol. The summed E-state index contributed by atoms with van der Waals surface area (Å²) in [6, 6.07) is 2.12. The van der Waals surface area contributed by atoms with Crippen LogP contribution < -0.4 is 0 Å². The summed E-state index contributed by atoms with van der Waals surface area (Å²) in [6.45, 7) is 4.06. The van der Waals surface area contributed by atoms with Gasteiger partial charge in [0.05, 0.1) is 4.70 Å². The van der Waals surface area contributed by atoms with Gasteiger partial charge in [-0.15, -0.1) is 11.3 Å². The van der Waals surface area contributed by atoms with Gasteiger partial charge in [0.25, 0.3) is 0 Å². The molecule has 2 aromatic heterocycles. The number of thiazole rings is 1. The summed E-state index contributed by atoms with van der Waals surface area (Å²) in [6.07, 6.45) is 0. The van der Waals surface area contributed by atoms with Crippen LogP contribution in [0.3, 0.4) is 0 Å². The number of aromatic nitrogens is 2. The standard InChI is InChI=1S/C8H8N2S2/c1-4-3-6-7(9-5(4)2)10-8(11)12-6/h3H,1-2H3,(H,9,10,11). The lowest BCUT2D eigenvalue weighted by molar-refractivity contribution is 1.17. The maximum absolute atomic E-state index is 5.02. The minimum absolute atomic E-state index is 0.794. The van der Waals surface area contributed by atoms with Crippen molar-refractivity contribution in [2.24, 2.45) is 0 Å². The number of rotatable bonds is 0. The van der Waals surface area contributed by atoms with Crippen LogP contribution in [0, 0.1) is 17.8 Å². The Kier molecular flexibility index (Phi) is 1.73. The number of aromatic amines is 1. The molecule has 0 aliphatic carbocycles. The summed E-state index contributed by atoms with van der Waals surface area (Å²) < 4.78 is 1.94. The van der Waals surface area contributed by atoms with E-state index in [2.05, 4.69) is 23.0 Å². The number of hydrogen-bond donors (Lipinski definition) is 1. The zero-order chi connectivity index (χ0) is 8.72. The van der Waals surface area contributed by atoms with Crippen LogP contribution in [0.25, 0.3) is 10.3 Å². The van der Waals surface area contributed by atoms with E-state index in [1.807, 2.05) is 6.92 Å². The molecule has 12 heavy (non-hydrogen) atoms. The van der Waals surface area contributed by atoms with Gasteiger partial charge in [0.15, 0.2) is 3.95 Å². The topological polar surface area (TPSA) is 28.7 Å². The van der Waals surface area contributed by atoms with Gasteiger partial charge in [-0.2, -0.15) is 0 Å². The van der Waals surface area contributed by atoms with Crippen molar-refractivity contribution in [3.8, 4) is 0 Å². The van der Waals surface area contributed by atoms with Crippen LogP contribution in [0.2, 0.25) is 0 Å². The Morgan fingerprint density at radius 1 is 1.50 bits per heavy atom. The first-order chi connectivity index (χ1) is 5.66. The van der Waals surface area contributed by atoms with Crippen LogP contribution >= 0.6 is 23.6 Å². The van der Waals surface area contributed by atoms with Gasteiger partial charge in [0.2, 0.25) is 0 Å². The van der Waals surface area contributed by atoms with Crippen molar-refractivity contribution in [2.45, 2.75) is 13.8 Å². The monoisotopic (exact) mass is 196 g/mol. The van der Waals surface area contributed by atoms with E-state index in [0.717, 1.165) is 20.0 Å². The molecule has 0 aliphatic rings. The zero-order valence-corrected chi connectivity index (χ0v) is 8.47. The first-order valence-corrected chi connectivity index (χ1v) is 4.86. The number of nitrogens with one attached hydrogen (secondary N) is 1. The minimum atomic E-state index is 0.794. The highest BCUT2D eigenvalue weighted by Crippen LogP contribution is 2.19. The highest BCUT2D eigenvalue weighted by atomic mass is 32.1. The van der Waals surface area contributed by atoms with Crippen molar-refractivity contribution in [1.82, 2.24) is 9.97 Å². The molecule has 4 heteroatoms. The van der Waals surface area contributed by atoms with Crippen molar-refractivity contribution < 1.29 is 0 Å². The largest absolute Gasteiger partial charge is 0.322 e. The second-order valence-corrected chi connectivity index (χ2v) is 4.47. The quantitative estimate of drug-likeness (QED) is 0.656. The number of aryl methyl sites for hydroxylation is 2. The summed E-state index contributed by atoms with van der Waals surface area (Å²) >= 11 is 6.59. The normalized spacial score (nSPS) is 10.8. The lowest BCUT2D eigenvalue weighted by Crippen LogP contribution is -1.85. The Labute approximate surface area is 79.3 Å². The summed E-state index contributed by atoms with van der Waals surface area (Å²) in [5.74, 6) is 0. The van der Waals surface area contributed by atoms with Gasteiger partial charge >= 0.3 is 0 Å². The Morgan fingerprint density at radius 3 is 3.00 bits per heavy atom. The number of hydrogen-bond acceptors (Lipinski definition) is 3. The van der Waals surface area contributed by atoms with Crippen molar-refractivity contribution in [3.63, 3.8) is 0 Å². The number of fused-ring (bicyclic) bond motifs is 1. The fourth-order valence-electron chi connectivity index (χ4n) is 1.07. The summed E-state index contributed by atoms with van der Waals surface area (Å²) in [4.78, 5) is 7.43. The van der Waals surface area contributed by atoms with E-state index in [1.165, 1.54) is 5.56 Å². The fraction of sp³-hybridized carbons (Fsp3) is 0.250. The van der Waals surface area contributed by atoms with Gasteiger partial charge in [-0.05, 0) is 37.7 Å². The molecule has 0 atom stereocenters. The van der Waals surface area contributed by atoms with Crippen LogP contribution in [-0.2, 0) is 0 Å². The number of pyridine rings is 1. The average molecular weight is 196 g/mol. The lowest BCUT2D eigenvalue weighted by atomic mass is 10.2. The number of H-pyrrole nitrogens is 1. The molecule has 2 rings (SSSR count). The van der Waals surface area contributed by atoms with Crippen LogP contribution in [0.5, 0.6) is 0 Å². The summed E-state index contributed by atoms with van der Waals surface area (Å²) in [5.41, 5.74) is 3.19. The van der Waals surface area contributed by atoms with Crippen molar-refractivity contribution in [2.75, 3.05) is 0 Å². The van der Waals surface area contributed by atoms with Gasteiger partial charge in [0, 0.05) is 5.69 Å². The summed E-state index contributed by atoms with van der Waals surface area (Å²) in [7, 11) is 0. The molecule has 2 aromatic rings. The van der Waals surface area contributed by atoms with Crippen molar-refractivity contribution in [1.29, 1.82) is 0 Å². The first-order valence-electron chi connectivity index (χ1n) is 3.64. The molecule has 1 N–H and O–H groups in total. The lowest BCUT2D eigenvalue weighted by Gasteiger charge is -1.96. The molecule has 62 valence electrons. The molecule has 0 bridgehead atoms. The van der Waals surface area contributed by atoms with E-state index < -0.39 is 0 Å². The molecule has 0 radical (unpaired) electrons. The molecule has 2 heterocycles. The summed E-state index contributed by atoms with van der Waals surface area (Å²) in [5, 5.41) is 0. The molecule has 0 aromatic carbocycles. The average Bonchev–Trinajstić information content (AvgIpc) is 2.30. The van der Waals surface area contributed by atoms with Gasteiger partial charge in [-0.25, -0.2) is 4.98 Å². The maximum atomic E-state index is 5.02. The van der Waals surface area contributed by atoms with Gasteiger partial charge in [-0.3, -0.25) is 0 Å². The Bertz CT molecular complexity index is 439. The predicted octanol–water partition coefficient (Wildman–Crippen LogP) is 2.97. The van der Waals surface area contributed by atoms with Gasteiger partial charge < -0.3 is 4.98 Å². The fourth-order valence-corrected chi connectivity index (χ4v) is 2.21. The van der Waals surface area contributed by atoms with E-state index >= 15 is 0 Å². The third kappa shape index (κ3) is 1.17. The van der Waals surface area contributed by atoms with Crippen molar-refractivity contribution in [3.05, 3.63) is 21.3 Å². The second kappa shape index (κ2) is 2.64. The number of nitrogens with zero attached hydrogens (tertiary/aromatic N) is 1. The second-order valence-electron chi connectivity index (χ2n) is 2.75. The Morgan fingerprint density at radius 2 is 2.25 bits per heavy atom. The van der Waals surface area contributed by atoms with E-state index in [0.29, 0.717) is 0 Å². The van der Waals surface area contributed by atoms with E-state index in [-0.39, 0.29) is 0 Å². The Balaban J connectivity index is 2.92. The molecule has 0 amide bonds. The smallest absolute Gasteiger partial charge is 0.160 e. The van der Waals surface area contributed by atoms with Crippen LogP contribution in [0.1, 0.15) is 11.3 Å².